The molecule has 2 N–H and O–H groups in total. The van der Waals surface area contributed by atoms with E-state index < -0.39 is 0 Å². The standard InChI is InChI=1S/C28H28N4O3S/c33-27(30-22-10-12-32(13-11-22)17-19-4-2-1-3-5-19)21-7-8-23-26(15-21)36-28(31-23)29-16-20-6-9-24-25(14-20)35-18-34-24/h1-9,14-15,22H,10-13,16-18H2,(H,29,31)(H,30,33). The third kappa shape index (κ3) is 5.15. The predicted molar refractivity (Wildman–Crippen MR) is 142 cm³/mol. The average molecular weight is 501 g/mol. The van der Waals surface area contributed by atoms with Gasteiger partial charge in [-0.25, -0.2) is 4.98 Å². The first-order chi connectivity index (χ1) is 17.7. The molecule has 1 amide bonds. The molecule has 2 aliphatic heterocycles. The smallest absolute Gasteiger partial charge is 0.251 e. The largest absolute Gasteiger partial charge is 0.454 e. The quantitative estimate of drug-likeness (QED) is 0.371. The Kier molecular flexibility index (Phi) is 6.44. The fraction of sp³-hybridized carbons (Fsp3) is 0.286. The second-order valence-corrected chi connectivity index (χ2v) is 10.3. The molecule has 1 fully saturated rings. The van der Waals surface area contributed by atoms with E-state index in [4.69, 9.17) is 9.47 Å². The first kappa shape index (κ1) is 22.8. The van der Waals surface area contributed by atoms with Crippen molar-refractivity contribution in [3.8, 4) is 11.5 Å². The number of fused-ring (bicyclic) bond motifs is 2. The lowest BCUT2D eigenvalue weighted by atomic mass is 10.0. The van der Waals surface area contributed by atoms with Gasteiger partial charge in [-0.05, 0) is 54.3 Å². The Labute approximate surface area is 214 Å². The van der Waals surface area contributed by atoms with Gasteiger partial charge in [0.15, 0.2) is 16.6 Å². The molecule has 0 radical (unpaired) electrons. The molecule has 0 atom stereocenters. The zero-order valence-electron chi connectivity index (χ0n) is 19.9. The maximum Gasteiger partial charge on any atom is 0.251 e. The highest BCUT2D eigenvalue weighted by molar-refractivity contribution is 7.22. The van der Waals surface area contributed by atoms with E-state index >= 15 is 0 Å². The van der Waals surface area contributed by atoms with Gasteiger partial charge in [-0.15, -0.1) is 0 Å². The van der Waals surface area contributed by atoms with Crippen LogP contribution in [0.15, 0.2) is 66.7 Å². The van der Waals surface area contributed by atoms with Crippen LogP contribution in [0.2, 0.25) is 0 Å². The molecule has 0 aliphatic carbocycles. The van der Waals surface area contributed by atoms with Crippen LogP contribution in [-0.2, 0) is 13.1 Å². The SMILES string of the molecule is O=C(NC1CCN(Cc2ccccc2)CC1)c1ccc2nc(NCc3ccc4c(c3)OCO4)sc2c1. The molecule has 3 aromatic carbocycles. The highest BCUT2D eigenvalue weighted by Crippen LogP contribution is 2.33. The topological polar surface area (TPSA) is 75.7 Å². The molecule has 0 spiro atoms. The Morgan fingerprint density at radius 3 is 2.67 bits per heavy atom. The van der Waals surface area contributed by atoms with Crippen molar-refractivity contribution in [2.45, 2.75) is 32.0 Å². The normalized spacial score (nSPS) is 15.8. The molecule has 0 bridgehead atoms. The number of rotatable bonds is 7. The Bertz CT molecular complexity index is 1370. The molecule has 36 heavy (non-hydrogen) atoms. The number of amides is 1. The molecule has 6 rings (SSSR count). The summed E-state index contributed by atoms with van der Waals surface area (Å²) in [5.41, 5.74) is 4.00. The second kappa shape index (κ2) is 10.2. The van der Waals surface area contributed by atoms with Crippen LogP contribution in [0.4, 0.5) is 5.13 Å². The number of nitrogens with zero attached hydrogens (tertiary/aromatic N) is 2. The van der Waals surface area contributed by atoms with Gasteiger partial charge in [0, 0.05) is 37.8 Å². The van der Waals surface area contributed by atoms with E-state index in [-0.39, 0.29) is 18.7 Å². The van der Waals surface area contributed by atoms with Crippen molar-refractivity contribution in [1.29, 1.82) is 0 Å². The minimum atomic E-state index is -0.0123. The highest BCUT2D eigenvalue weighted by atomic mass is 32.1. The summed E-state index contributed by atoms with van der Waals surface area (Å²) in [7, 11) is 0. The number of ether oxygens (including phenoxy) is 2. The molecule has 184 valence electrons. The molecule has 0 saturated carbocycles. The van der Waals surface area contributed by atoms with Crippen LogP contribution in [0, 0.1) is 0 Å². The molecule has 7 nitrogen and oxygen atoms in total. The molecule has 0 unspecified atom stereocenters. The molecular formula is C28H28N4O3S. The maximum absolute atomic E-state index is 13.0. The number of thiazole rings is 1. The lowest BCUT2D eigenvalue weighted by Gasteiger charge is -2.32. The minimum Gasteiger partial charge on any atom is -0.454 e. The van der Waals surface area contributed by atoms with E-state index in [1.54, 1.807) is 11.3 Å². The third-order valence-corrected chi connectivity index (χ3v) is 7.68. The fourth-order valence-corrected chi connectivity index (χ4v) is 5.62. The first-order valence-corrected chi connectivity index (χ1v) is 13.1. The summed E-state index contributed by atoms with van der Waals surface area (Å²) in [6.45, 7) is 3.85. The maximum atomic E-state index is 13.0. The van der Waals surface area contributed by atoms with E-state index in [2.05, 4.69) is 44.8 Å². The lowest BCUT2D eigenvalue weighted by molar-refractivity contribution is 0.0909. The number of hydrogen-bond donors (Lipinski definition) is 2. The summed E-state index contributed by atoms with van der Waals surface area (Å²) < 4.78 is 11.8. The van der Waals surface area contributed by atoms with Gasteiger partial charge in [-0.1, -0.05) is 47.7 Å². The number of aromatic nitrogens is 1. The Hall–Kier alpha value is -3.62. The zero-order valence-corrected chi connectivity index (χ0v) is 20.7. The number of hydrogen-bond acceptors (Lipinski definition) is 7. The minimum absolute atomic E-state index is 0.0123. The summed E-state index contributed by atoms with van der Waals surface area (Å²) in [4.78, 5) is 20.1. The molecule has 1 aromatic heterocycles. The van der Waals surface area contributed by atoms with Gasteiger partial charge >= 0.3 is 0 Å². The number of benzene rings is 3. The third-order valence-electron chi connectivity index (χ3n) is 6.70. The number of anilines is 1. The lowest BCUT2D eigenvalue weighted by Crippen LogP contribution is -2.44. The van der Waals surface area contributed by atoms with Crippen LogP contribution >= 0.6 is 11.3 Å². The van der Waals surface area contributed by atoms with Crippen molar-refractivity contribution in [3.63, 3.8) is 0 Å². The summed E-state index contributed by atoms with van der Waals surface area (Å²) in [6.07, 6.45) is 1.94. The van der Waals surface area contributed by atoms with Crippen molar-refractivity contribution >= 4 is 32.6 Å². The van der Waals surface area contributed by atoms with E-state index in [0.717, 1.165) is 64.9 Å². The Morgan fingerprint density at radius 2 is 1.81 bits per heavy atom. The second-order valence-electron chi connectivity index (χ2n) is 9.25. The molecular weight excluding hydrogens is 472 g/mol. The van der Waals surface area contributed by atoms with E-state index in [0.29, 0.717) is 12.1 Å². The van der Waals surface area contributed by atoms with E-state index in [1.165, 1.54) is 5.56 Å². The van der Waals surface area contributed by atoms with Gasteiger partial charge in [0.2, 0.25) is 6.79 Å². The van der Waals surface area contributed by atoms with Crippen molar-refractivity contribution in [3.05, 3.63) is 83.4 Å². The Balaban J connectivity index is 1.03. The number of carbonyl (C=O) groups is 1. The fourth-order valence-electron chi connectivity index (χ4n) is 4.72. The zero-order chi connectivity index (χ0) is 24.3. The van der Waals surface area contributed by atoms with Crippen molar-refractivity contribution in [2.24, 2.45) is 0 Å². The molecule has 2 aliphatic rings. The summed E-state index contributed by atoms with van der Waals surface area (Å²) in [5.74, 6) is 1.54. The van der Waals surface area contributed by atoms with Gasteiger partial charge in [0.05, 0.1) is 10.2 Å². The van der Waals surface area contributed by atoms with Crippen LogP contribution in [0.1, 0.15) is 34.3 Å². The summed E-state index contributed by atoms with van der Waals surface area (Å²) in [6, 6.07) is 22.4. The van der Waals surface area contributed by atoms with Crippen LogP contribution in [0.3, 0.4) is 0 Å². The van der Waals surface area contributed by atoms with Crippen molar-refractivity contribution < 1.29 is 14.3 Å². The highest BCUT2D eigenvalue weighted by Gasteiger charge is 2.21. The van der Waals surface area contributed by atoms with Crippen LogP contribution in [-0.4, -0.2) is 41.7 Å². The first-order valence-electron chi connectivity index (χ1n) is 12.3. The monoisotopic (exact) mass is 500 g/mol. The number of carbonyl (C=O) groups excluding carboxylic acids is 1. The number of likely N-dealkylation sites (tertiary alicyclic amines) is 1. The van der Waals surface area contributed by atoms with Gasteiger partial charge in [0.1, 0.15) is 0 Å². The van der Waals surface area contributed by atoms with E-state index in [1.807, 2.05) is 42.5 Å². The molecule has 3 heterocycles. The van der Waals surface area contributed by atoms with Crippen LogP contribution in [0.25, 0.3) is 10.2 Å². The molecule has 8 heteroatoms. The van der Waals surface area contributed by atoms with Crippen molar-refractivity contribution in [1.82, 2.24) is 15.2 Å². The van der Waals surface area contributed by atoms with Crippen LogP contribution in [0.5, 0.6) is 11.5 Å². The molecule has 4 aromatic rings. The Morgan fingerprint density at radius 1 is 0.972 bits per heavy atom. The molecule has 1 saturated heterocycles. The number of nitrogens with one attached hydrogen (secondary N) is 2. The van der Waals surface area contributed by atoms with Crippen molar-refractivity contribution in [2.75, 3.05) is 25.2 Å². The van der Waals surface area contributed by atoms with Gasteiger partial charge < -0.3 is 20.1 Å². The predicted octanol–water partition coefficient (Wildman–Crippen LogP) is 5.03. The van der Waals surface area contributed by atoms with Gasteiger partial charge in [-0.2, -0.15) is 0 Å². The average Bonchev–Trinajstić information content (AvgIpc) is 3.55. The van der Waals surface area contributed by atoms with E-state index in [9.17, 15) is 4.79 Å². The van der Waals surface area contributed by atoms with Gasteiger partial charge in [-0.3, -0.25) is 9.69 Å². The summed E-state index contributed by atoms with van der Waals surface area (Å²) in [5, 5.41) is 7.45. The summed E-state index contributed by atoms with van der Waals surface area (Å²) >= 11 is 1.56. The van der Waals surface area contributed by atoms with Crippen LogP contribution < -0.4 is 20.1 Å². The van der Waals surface area contributed by atoms with Gasteiger partial charge in [0.25, 0.3) is 5.91 Å². The number of piperidine rings is 1.